The molecule has 5 nitrogen and oxygen atoms in total. The van der Waals surface area contributed by atoms with Gasteiger partial charge in [-0.25, -0.2) is 0 Å². The zero-order valence-electron chi connectivity index (χ0n) is 11.1. The fourth-order valence-corrected chi connectivity index (χ4v) is 1.93. The summed E-state index contributed by atoms with van der Waals surface area (Å²) in [4.78, 5) is 22.9. The molecule has 0 aliphatic rings. The third-order valence-corrected chi connectivity index (χ3v) is 2.94. The fraction of sp³-hybridized carbons (Fsp3) is 0.0667. The first-order valence-electron chi connectivity index (χ1n) is 6.24. The highest BCUT2D eigenvalue weighted by Crippen LogP contribution is 2.15. The van der Waals surface area contributed by atoms with Crippen molar-refractivity contribution in [1.29, 1.82) is 0 Å². The zero-order valence-corrected chi connectivity index (χ0v) is 11.9. The van der Waals surface area contributed by atoms with E-state index in [9.17, 15) is 9.59 Å². The van der Waals surface area contributed by atoms with E-state index in [0.717, 1.165) is 0 Å². The van der Waals surface area contributed by atoms with Crippen LogP contribution < -0.4 is 16.4 Å². The lowest BCUT2D eigenvalue weighted by molar-refractivity contribution is -0.114. The molecule has 2 aromatic carbocycles. The second-order valence-corrected chi connectivity index (χ2v) is 4.79. The fourth-order valence-electron chi connectivity index (χ4n) is 1.74. The van der Waals surface area contributed by atoms with Crippen molar-refractivity contribution in [1.82, 2.24) is 0 Å². The maximum absolute atomic E-state index is 11.8. The summed E-state index contributed by atoms with van der Waals surface area (Å²) >= 11 is 5.84. The minimum Gasteiger partial charge on any atom is -0.376 e. The van der Waals surface area contributed by atoms with Crippen LogP contribution in [0.2, 0.25) is 5.02 Å². The molecule has 108 valence electrons. The van der Waals surface area contributed by atoms with Gasteiger partial charge in [0, 0.05) is 22.0 Å². The molecule has 21 heavy (non-hydrogen) atoms. The molecule has 0 fully saturated rings. The summed E-state index contributed by atoms with van der Waals surface area (Å²) in [7, 11) is 0. The van der Waals surface area contributed by atoms with Crippen molar-refractivity contribution in [2.75, 3.05) is 17.2 Å². The summed E-state index contributed by atoms with van der Waals surface area (Å²) in [5.74, 6) is -0.733. The summed E-state index contributed by atoms with van der Waals surface area (Å²) in [5.41, 5.74) is 6.85. The molecule has 0 heterocycles. The van der Waals surface area contributed by atoms with Gasteiger partial charge < -0.3 is 16.4 Å². The number of carbonyl (C=O) groups excluding carboxylic acids is 2. The topological polar surface area (TPSA) is 84.2 Å². The van der Waals surface area contributed by atoms with E-state index in [1.54, 1.807) is 48.5 Å². The Labute approximate surface area is 127 Å². The lowest BCUT2D eigenvalue weighted by Crippen LogP contribution is -2.22. The van der Waals surface area contributed by atoms with Gasteiger partial charge in [-0.1, -0.05) is 23.7 Å². The summed E-state index contributed by atoms with van der Waals surface area (Å²) in [6, 6.07) is 13.5. The molecule has 0 aliphatic heterocycles. The molecular weight excluding hydrogens is 290 g/mol. The lowest BCUT2D eigenvalue weighted by atomic mass is 10.2. The Morgan fingerprint density at radius 3 is 2.48 bits per heavy atom. The molecule has 0 atom stereocenters. The van der Waals surface area contributed by atoms with Crippen molar-refractivity contribution in [2.24, 2.45) is 5.73 Å². The van der Waals surface area contributed by atoms with Crippen LogP contribution in [0.15, 0.2) is 48.5 Å². The second kappa shape index (κ2) is 6.76. The van der Waals surface area contributed by atoms with Gasteiger partial charge in [-0.3, -0.25) is 9.59 Å². The predicted octanol–water partition coefficient (Wildman–Crippen LogP) is 2.49. The Bertz CT molecular complexity index is 673. The maximum atomic E-state index is 11.8. The van der Waals surface area contributed by atoms with E-state index in [4.69, 9.17) is 17.3 Å². The summed E-state index contributed by atoms with van der Waals surface area (Å²) in [6.45, 7) is 0.0642. The normalized spacial score (nSPS) is 9.95. The van der Waals surface area contributed by atoms with Gasteiger partial charge in [-0.15, -0.1) is 0 Å². The van der Waals surface area contributed by atoms with Crippen molar-refractivity contribution in [3.63, 3.8) is 0 Å². The van der Waals surface area contributed by atoms with Crippen LogP contribution in [-0.2, 0) is 4.79 Å². The van der Waals surface area contributed by atoms with E-state index in [1.807, 2.05) is 0 Å². The third-order valence-electron chi connectivity index (χ3n) is 2.71. The molecule has 0 bridgehead atoms. The molecule has 0 aromatic heterocycles. The summed E-state index contributed by atoms with van der Waals surface area (Å²) in [5, 5.41) is 6.19. The first-order valence-corrected chi connectivity index (χ1v) is 6.61. The van der Waals surface area contributed by atoms with E-state index in [1.165, 1.54) is 0 Å². The smallest absolute Gasteiger partial charge is 0.248 e. The number of anilines is 2. The van der Waals surface area contributed by atoms with Gasteiger partial charge in [0.25, 0.3) is 0 Å². The number of nitrogens with two attached hydrogens (primary N) is 1. The van der Waals surface area contributed by atoms with Crippen molar-refractivity contribution in [3.05, 3.63) is 59.1 Å². The van der Waals surface area contributed by atoms with Crippen molar-refractivity contribution in [3.8, 4) is 0 Å². The van der Waals surface area contributed by atoms with Crippen molar-refractivity contribution < 1.29 is 9.59 Å². The quantitative estimate of drug-likeness (QED) is 0.793. The molecule has 2 amide bonds. The minimum atomic E-state index is -0.512. The van der Waals surface area contributed by atoms with E-state index in [0.29, 0.717) is 22.0 Å². The van der Waals surface area contributed by atoms with Crippen LogP contribution in [0.4, 0.5) is 11.4 Å². The number of primary amides is 1. The minimum absolute atomic E-state index is 0.0642. The molecule has 6 heteroatoms. The Balaban J connectivity index is 1.92. The van der Waals surface area contributed by atoms with Crippen LogP contribution in [0, 0.1) is 0 Å². The Kier molecular flexibility index (Phi) is 4.79. The molecule has 0 spiro atoms. The highest BCUT2D eigenvalue weighted by Gasteiger charge is 2.04. The van der Waals surface area contributed by atoms with Crippen molar-refractivity contribution >= 4 is 34.8 Å². The molecule has 0 saturated heterocycles. The second-order valence-electron chi connectivity index (χ2n) is 4.36. The number of amides is 2. The van der Waals surface area contributed by atoms with E-state index >= 15 is 0 Å². The summed E-state index contributed by atoms with van der Waals surface area (Å²) < 4.78 is 0. The van der Waals surface area contributed by atoms with Crippen LogP contribution >= 0.6 is 11.6 Å². The SMILES string of the molecule is NC(=O)c1cccc(NCC(=O)Nc2cccc(Cl)c2)c1. The average Bonchev–Trinajstić information content (AvgIpc) is 2.45. The Morgan fingerprint density at radius 1 is 1.05 bits per heavy atom. The number of benzene rings is 2. The van der Waals surface area contributed by atoms with Gasteiger partial charge in [0.05, 0.1) is 6.54 Å². The number of halogens is 1. The summed E-state index contributed by atoms with van der Waals surface area (Å²) in [6.07, 6.45) is 0. The highest BCUT2D eigenvalue weighted by atomic mass is 35.5. The first kappa shape index (κ1) is 14.9. The Morgan fingerprint density at radius 2 is 1.76 bits per heavy atom. The average molecular weight is 304 g/mol. The predicted molar refractivity (Wildman–Crippen MR) is 83.5 cm³/mol. The van der Waals surface area contributed by atoms with Gasteiger partial charge in [0.15, 0.2) is 0 Å². The van der Waals surface area contributed by atoms with Crippen LogP contribution in [0.5, 0.6) is 0 Å². The highest BCUT2D eigenvalue weighted by molar-refractivity contribution is 6.30. The van der Waals surface area contributed by atoms with Gasteiger partial charge in [0.2, 0.25) is 11.8 Å². The molecule has 2 aromatic rings. The van der Waals surface area contributed by atoms with Gasteiger partial charge in [-0.2, -0.15) is 0 Å². The number of hydrogen-bond acceptors (Lipinski definition) is 3. The largest absolute Gasteiger partial charge is 0.376 e. The molecule has 0 saturated carbocycles. The van der Waals surface area contributed by atoms with Gasteiger partial charge in [-0.05, 0) is 36.4 Å². The number of hydrogen-bond donors (Lipinski definition) is 3. The lowest BCUT2D eigenvalue weighted by Gasteiger charge is -2.08. The zero-order chi connectivity index (χ0) is 15.2. The number of rotatable bonds is 5. The molecule has 0 radical (unpaired) electrons. The van der Waals surface area contributed by atoms with Gasteiger partial charge >= 0.3 is 0 Å². The van der Waals surface area contributed by atoms with Crippen LogP contribution in [-0.4, -0.2) is 18.4 Å². The molecule has 0 unspecified atom stereocenters. The molecule has 0 aliphatic carbocycles. The van der Waals surface area contributed by atoms with E-state index in [-0.39, 0.29) is 12.5 Å². The maximum Gasteiger partial charge on any atom is 0.248 e. The third kappa shape index (κ3) is 4.50. The number of nitrogens with one attached hydrogen (secondary N) is 2. The monoisotopic (exact) mass is 303 g/mol. The van der Waals surface area contributed by atoms with Crippen LogP contribution in [0.25, 0.3) is 0 Å². The van der Waals surface area contributed by atoms with E-state index < -0.39 is 5.91 Å². The van der Waals surface area contributed by atoms with Crippen molar-refractivity contribution in [2.45, 2.75) is 0 Å². The van der Waals surface area contributed by atoms with Gasteiger partial charge in [0.1, 0.15) is 0 Å². The number of carbonyl (C=O) groups is 2. The Hall–Kier alpha value is -2.53. The van der Waals surface area contributed by atoms with Crippen LogP contribution in [0.1, 0.15) is 10.4 Å². The van der Waals surface area contributed by atoms with Crippen LogP contribution in [0.3, 0.4) is 0 Å². The first-order chi connectivity index (χ1) is 10.0. The van der Waals surface area contributed by atoms with E-state index in [2.05, 4.69) is 10.6 Å². The molecule has 2 rings (SSSR count). The standard InChI is InChI=1S/C15H14ClN3O2/c16-11-4-2-6-13(8-11)19-14(20)9-18-12-5-1-3-10(7-12)15(17)21/h1-8,18H,9H2,(H2,17,21)(H,19,20). The molecular formula is C15H14ClN3O2. The molecule has 4 N–H and O–H groups in total.